The van der Waals surface area contributed by atoms with E-state index in [0.29, 0.717) is 36.5 Å². The first kappa shape index (κ1) is 17.7. The highest BCUT2D eigenvalue weighted by atomic mass is 35.5. The second-order valence-electron chi connectivity index (χ2n) is 5.48. The van der Waals surface area contributed by atoms with Crippen LogP contribution in [0.5, 0.6) is 0 Å². The van der Waals surface area contributed by atoms with Gasteiger partial charge in [-0.25, -0.2) is 8.42 Å². The van der Waals surface area contributed by atoms with Gasteiger partial charge in [0.1, 0.15) is 5.75 Å². The highest BCUT2D eigenvalue weighted by Crippen LogP contribution is 2.21. The summed E-state index contributed by atoms with van der Waals surface area (Å²) in [5.74, 6) is -1.15. The van der Waals surface area contributed by atoms with Gasteiger partial charge in [0.05, 0.1) is 5.25 Å². The molecule has 126 valence electrons. The van der Waals surface area contributed by atoms with Crippen molar-refractivity contribution in [3.8, 4) is 0 Å². The van der Waals surface area contributed by atoms with Crippen LogP contribution in [-0.2, 0) is 14.6 Å². The smallest absolute Gasteiger partial charge is 0.253 e. The molecular formula is C15H19ClN2O4S. The fraction of sp³-hybridized carbons (Fsp3) is 0.467. The zero-order valence-electron chi connectivity index (χ0n) is 12.8. The van der Waals surface area contributed by atoms with Crippen molar-refractivity contribution in [1.29, 1.82) is 0 Å². The Morgan fingerprint density at radius 3 is 2.30 bits per heavy atom. The quantitative estimate of drug-likeness (QED) is 0.873. The summed E-state index contributed by atoms with van der Waals surface area (Å²) < 4.78 is 24.3. The molecule has 23 heavy (non-hydrogen) atoms. The Balaban J connectivity index is 1.97. The molecule has 1 aromatic carbocycles. The Labute approximate surface area is 140 Å². The van der Waals surface area contributed by atoms with E-state index in [0.717, 1.165) is 0 Å². The number of piperidine rings is 1. The highest BCUT2D eigenvalue weighted by Gasteiger charge is 2.32. The van der Waals surface area contributed by atoms with E-state index in [1.165, 1.54) is 7.05 Å². The van der Waals surface area contributed by atoms with Crippen LogP contribution in [0.2, 0.25) is 5.02 Å². The second-order valence-corrected chi connectivity index (χ2v) is 8.20. The number of hydrogen-bond donors (Lipinski definition) is 1. The summed E-state index contributed by atoms with van der Waals surface area (Å²) in [6.45, 7) is 0.720. The SMILES string of the molecule is CNC(=O)CS(=O)(=O)C1CCN(C(=O)c2ccc(Cl)cc2)CC1. The van der Waals surface area contributed by atoms with Crippen molar-refractivity contribution in [2.75, 3.05) is 25.9 Å². The molecule has 0 saturated carbocycles. The lowest BCUT2D eigenvalue weighted by Gasteiger charge is -2.31. The lowest BCUT2D eigenvalue weighted by Crippen LogP contribution is -2.44. The van der Waals surface area contributed by atoms with Crippen molar-refractivity contribution < 1.29 is 18.0 Å². The molecule has 8 heteroatoms. The van der Waals surface area contributed by atoms with Crippen LogP contribution in [0.1, 0.15) is 23.2 Å². The maximum absolute atomic E-state index is 12.4. The molecule has 0 bridgehead atoms. The third-order valence-corrected chi connectivity index (χ3v) is 6.34. The van der Waals surface area contributed by atoms with Crippen LogP contribution < -0.4 is 5.32 Å². The molecule has 1 saturated heterocycles. The molecule has 1 aliphatic heterocycles. The van der Waals surface area contributed by atoms with Gasteiger partial charge in [-0.15, -0.1) is 0 Å². The van der Waals surface area contributed by atoms with E-state index in [1.807, 2.05) is 0 Å². The summed E-state index contributed by atoms with van der Waals surface area (Å²) in [7, 11) is -2.07. The van der Waals surface area contributed by atoms with Gasteiger partial charge in [0.25, 0.3) is 5.91 Å². The number of rotatable bonds is 4. The normalized spacial score (nSPS) is 16.2. The minimum Gasteiger partial charge on any atom is -0.358 e. The van der Waals surface area contributed by atoms with E-state index < -0.39 is 26.7 Å². The summed E-state index contributed by atoms with van der Waals surface area (Å²) in [6.07, 6.45) is 0.692. The standard InChI is InChI=1S/C15H19ClN2O4S/c1-17-14(19)10-23(21,22)13-6-8-18(9-7-13)15(20)11-2-4-12(16)5-3-11/h2-5,13H,6-10H2,1H3,(H,17,19). The van der Waals surface area contributed by atoms with E-state index in [9.17, 15) is 18.0 Å². The van der Waals surface area contributed by atoms with Crippen LogP contribution in [0, 0.1) is 0 Å². The predicted octanol–water partition coefficient (Wildman–Crippen LogP) is 1.11. The van der Waals surface area contributed by atoms with Crippen molar-refractivity contribution in [2.24, 2.45) is 0 Å². The number of nitrogens with zero attached hydrogens (tertiary/aromatic N) is 1. The molecule has 1 heterocycles. The minimum absolute atomic E-state index is 0.135. The number of hydrogen-bond acceptors (Lipinski definition) is 4. The van der Waals surface area contributed by atoms with E-state index in [-0.39, 0.29) is 5.91 Å². The van der Waals surface area contributed by atoms with Crippen LogP contribution in [0.3, 0.4) is 0 Å². The van der Waals surface area contributed by atoms with Gasteiger partial charge in [-0.3, -0.25) is 9.59 Å². The monoisotopic (exact) mass is 358 g/mol. The summed E-state index contributed by atoms with van der Waals surface area (Å²) in [6, 6.07) is 6.60. The van der Waals surface area contributed by atoms with Crippen molar-refractivity contribution >= 4 is 33.3 Å². The number of nitrogens with one attached hydrogen (secondary N) is 1. The van der Waals surface area contributed by atoms with E-state index in [1.54, 1.807) is 29.2 Å². The fourth-order valence-electron chi connectivity index (χ4n) is 2.57. The largest absolute Gasteiger partial charge is 0.358 e. The summed E-state index contributed by atoms with van der Waals surface area (Å²) in [4.78, 5) is 25.3. The number of halogens is 1. The Bertz CT molecular complexity index is 680. The lowest BCUT2D eigenvalue weighted by atomic mass is 10.1. The van der Waals surface area contributed by atoms with Crippen molar-refractivity contribution in [3.05, 3.63) is 34.9 Å². The van der Waals surface area contributed by atoms with Crippen molar-refractivity contribution in [1.82, 2.24) is 10.2 Å². The minimum atomic E-state index is -3.48. The molecule has 2 rings (SSSR count). The number of amides is 2. The third-order valence-electron chi connectivity index (χ3n) is 3.94. The van der Waals surface area contributed by atoms with Crippen LogP contribution >= 0.6 is 11.6 Å². The fourth-order valence-corrected chi connectivity index (χ4v) is 4.37. The molecule has 2 amide bonds. The van der Waals surface area contributed by atoms with Gasteiger partial charge in [-0.2, -0.15) is 0 Å². The van der Waals surface area contributed by atoms with E-state index >= 15 is 0 Å². The molecule has 0 aliphatic carbocycles. The number of carbonyl (C=O) groups excluding carboxylic acids is 2. The molecule has 0 atom stereocenters. The van der Waals surface area contributed by atoms with Crippen LogP contribution in [0.15, 0.2) is 24.3 Å². The van der Waals surface area contributed by atoms with E-state index in [4.69, 9.17) is 11.6 Å². The number of benzene rings is 1. The van der Waals surface area contributed by atoms with Gasteiger partial charge in [-0.05, 0) is 37.1 Å². The second kappa shape index (κ2) is 7.31. The topological polar surface area (TPSA) is 83.6 Å². The van der Waals surface area contributed by atoms with Crippen molar-refractivity contribution in [2.45, 2.75) is 18.1 Å². The Morgan fingerprint density at radius 2 is 1.78 bits per heavy atom. The number of likely N-dealkylation sites (tertiary alicyclic amines) is 1. The average molecular weight is 359 g/mol. The lowest BCUT2D eigenvalue weighted by molar-refractivity contribution is -0.118. The molecule has 0 unspecified atom stereocenters. The number of sulfone groups is 1. The molecular weight excluding hydrogens is 340 g/mol. The van der Waals surface area contributed by atoms with Gasteiger partial charge in [0, 0.05) is 30.7 Å². The molecule has 1 fully saturated rings. The third kappa shape index (κ3) is 4.45. The molecule has 0 radical (unpaired) electrons. The first-order valence-electron chi connectivity index (χ1n) is 7.30. The Hall–Kier alpha value is -1.60. The Morgan fingerprint density at radius 1 is 1.22 bits per heavy atom. The zero-order chi connectivity index (χ0) is 17.0. The van der Waals surface area contributed by atoms with Crippen LogP contribution in [0.25, 0.3) is 0 Å². The average Bonchev–Trinajstić information content (AvgIpc) is 2.54. The van der Waals surface area contributed by atoms with Gasteiger partial charge in [0.15, 0.2) is 9.84 Å². The van der Waals surface area contributed by atoms with Crippen LogP contribution in [0.4, 0.5) is 0 Å². The van der Waals surface area contributed by atoms with Crippen molar-refractivity contribution in [3.63, 3.8) is 0 Å². The Kier molecular flexibility index (Phi) is 5.64. The summed E-state index contributed by atoms with van der Waals surface area (Å²) >= 11 is 5.80. The molecule has 1 N–H and O–H groups in total. The summed E-state index contributed by atoms with van der Waals surface area (Å²) in [5.41, 5.74) is 0.529. The molecule has 0 spiro atoms. The first-order valence-corrected chi connectivity index (χ1v) is 9.40. The van der Waals surface area contributed by atoms with Gasteiger partial charge < -0.3 is 10.2 Å². The van der Waals surface area contributed by atoms with Gasteiger partial charge in [0.2, 0.25) is 5.91 Å². The van der Waals surface area contributed by atoms with Gasteiger partial charge in [-0.1, -0.05) is 11.6 Å². The number of carbonyl (C=O) groups is 2. The predicted molar refractivity (Wildman–Crippen MR) is 88.2 cm³/mol. The zero-order valence-corrected chi connectivity index (χ0v) is 14.4. The maximum Gasteiger partial charge on any atom is 0.253 e. The maximum atomic E-state index is 12.4. The molecule has 6 nitrogen and oxygen atoms in total. The molecule has 1 aliphatic rings. The molecule has 0 aromatic heterocycles. The van der Waals surface area contributed by atoms with Gasteiger partial charge >= 0.3 is 0 Å². The first-order chi connectivity index (χ1) is 10.8. The highest BCUT2D eigenvalue weighted by molar-refractivity contribution is 7.92. The van der Waals surface area contributed by atoms with Crippen LogP contribution in [-0.4, -0.2) is 56.3 Å². The van der Waals surface area contributed by atoms with E-state index in [2.05, 4.69) is 5.32 Å². The molecule has 1 aromatic rings. The summed E-state index contributed by atoms with van der Waals surface area (Å²) in [5, 5.41) is 2.30.